The smallest absolute Gasteiger partial charge is 0.137 e. The zero-order chi connectivity index (χ0) is 13.1. The normalized spacial score (nSPS) is 10.6. The van der Waals surface area contributed by atoms with Gasteiger partial charge in [0, 0.05) is 18.0 Å². The summed E-state index contributed by atoms with van der Waals surface area (Å²) < 4.78 is 13.1. The van der Waals surface area contributed by atoms with Gasteiger partial charge < -0.3 is 5.32 Å². The zero-order valence-electron chi connectivity index (χ0n) is 10.2. The minimum atomic E-state index is -0.291. The molecule has 3 rings (SSSR count). The number of hydrogen-bond acceptors (Lipinski definition) is 3. The topological polar surface area (TPSA) is 37.8 Å². The quantitative estimate of drug-likeness (QED) is 0.777. The molecule has 0 aliphatic rings. The molecule has 0 aliphatic heterocycles. The van der Waals surface area contributed by atoms with Gasteiger partial charge in [-0.05, 0) is 17.7 Å². The number of halogens is 1. The van der Waals surface area contributed by atoms with Gasteiger partial charge in [0.2, 0.25) is 0 Å². The van der Waals surface area contributed by atoms with Gasteiger partial charge >= 0.3 is 0 Å². The Morgan fingerprint density at radius 3 is 2.68 bits per heavy atom. The molecule has 0 unspecified atom stereocenters. The molecule has 94 valence electrons. The fourth-order valence-corrected chi connectivity index (χ4v) is 1.95. The molecular weight excluding hydrogens is 241 g/mol. The number of nitrogens with zero attached hydrogens (tertiary/aromatic N) is 2. The Balaban J connectivity index is 1.89. The van der Waals surface area contributed by atoms with Gasteiger partial charge in [-0.1, -0.05) is 30.3 Å². The lowest BCUT2D eigenvalue weighted by molar-refractivity contribution is 0.629. The van der Waals surface area contributed by atoms with Crippen molar-refractivity contribution in [1.82, 2.24) is 9.97 Å². The second-order valence-corrected chi connectivity index (χ2v) is 4.22. The van der Waals surface area contributed by atoms with Gasteiger partial charge in [0.1, 0.15) is 18.0 Å². The highest BCUT2D eigenvalue weighted by Gasteiger charge is 2.04. The molecule has 19 heavy (non-hydrogen) atoms. The first-order valence-electron chi connectivity index (χ1n) is 6.01. The molecule has 0 radical (unpaired) electrons. The monoisotopic (exact) mass is 253 g/mol. The number of rotatable bonds is 3. The maximum atomic E-state index is 13.1. The summed E-state index contributed by atoms with van der Waals surface area (Å²) in [4.78, 5) is 8.27. The highest BCUT2D eigenvalue weighted by Crippen LogP contribution is 2.20. The van der Waals surface area contributed by atoms with Crippen LogP contribution in [0, 0.1) is 5.82 Å². The summed E-state index contributed by atoms with van der Waals surface area (Å²) in [6, 6.07) is 14.6. The Morgan fingerprint density at radius 2 is 1.84 bits per heavy atom. The van der Waals surface area contributed by atoms with Crippen LogP contribution in [-0.4, -0.2) is 9.97 Å². The number of nitrogens with one attached hydrogen (secondary N) is 1. The van der Waals surface area contributed by atoms with E-state index < -0.39 is 0 Å². The maximum absolute atomic E-state index is 13.1. The molecule has 0 spiro atoms. The van der Waals surface area contributed by atoms with Crippen LogP contribution in [0.15, 0.2) is 54.9 Å². The summed E-state index contributed by atoms with van der Waals surface area (Å²) in [6.07, 6.45) is 1.44. The molecule has 3 aromatic rings. The molecule has 0 amide bonds. The standard InChI is InChI=1S/C15H12FN3/c16-12-6-7-13-14(8-12)18-10-19-15(13)17-9-11-4-2-1-3-5-11/h1-8,10H,9H2,(H,17,18,19). The Morgan fingerprint density at radius 1 is 1.00 bits per heavy atom. The van der Waals surface area contributed by atoms with E-state index in [9.17, 15) is 4.39 Å². The summed E-state index contributed by atoms with van der Waals surface area (Å²) >= 11 is 0. The lowest BCUT2D eigenvalue weighted by Gasteiger charge is -2.08. The van der Waals surface area contributed by atoms with E-state index in [1.54, 1.807) is 6.07 Å². The van der Waals surface area contributed by atoms with E-state index in [2.05, 4.69) is 15.3 Å². The van der Waals surface area contributed by atoms with E-state index >= 15 is 0 Å². The van der Waals surface area contributed by atoms with Crippen LogP contribution >= 0.6 is 0 Å². The van der Waals surface area contributed by atoms with Crippen molar-refractivity contribution in [2.45, 2.75) is 6.54 Å². The summed E-state index contributed by atoms with van der Waals surface area (Å²) in [5.74, 6) is 0.425. The fraction of sp³-hybridized carbons (Fsp3) is 0.0667. The third kappa shape index (κ3) is 2.52. The van der Waals surface area contributed by atoms with Crippen LogP contribution in [0.2, 0.25) is 0 Å². The lowest BCUT2D eigenvalue weighted by Crippen LogP contribution is -2.02. The number of benzene rings is 2. The van der Waals surface area contributed by atoms with Crippen molar-refractivity contribution in [3.63, 3.8) is 0 Å². The largest absolute Gasteiger partial charge is 0.365 e. The second-order valence-electron chi connectivity index (χ2n) is 4.22. The summed E-state index contributed by atoms with van der Waals surface area (Å²) in [7, 11) is 0. The van der Waals surface area contributed by atoms with E-state index in [0.717, 1.165) is 10.9 Å². The van der Waals surface area contributed by atoms with Gasteiger partial charge in [0.05, 0.1) is 5.52 Å². The number of hydrogen-bond donors (Lipinski definition) is 1. The molecule has 0 aliphatic carbocycles. The van der Waals surface area contributed by atoms with Crippen LogP contribution in [0.4, 0.5) is 10.2 Å². The predicted octanol–water partition coefficient (Wildman–Crippen LogP) is 3.38. The summed E-state index contributed by atoms with van der Waals surface area (Å²) in [6.45, 7) is 0.671. The van der Waals surface area contributed by atoms with Crippen molar-refractivity contribution < 1.29 is 4.39 Å². The molecule has 1 aromatic heterocycles. The highest BCUT2D eigenvalue weighted by molar-refractivity contribution is 5.88. The van der Waals surface area contributed by atoms with Crippen LogP contribution < -0.4 is 5.32 Å². The number of fused-ring (bicyclic) bond motifs is 1. The molecule has 1 heterocycles. The van der Waals surface area contributed by atoms with Gasteiger partial charge in [-0.3, -0.25) is 0 Å². The van der Waals surface area contributed by atoms with Gasteiger partial charge in [0.15, 0.2) is 0 Å². The first-order chi connectivity index (χ1) is 9.33. The van der Waals surface area contributed by atoms with Crippen molar-refractivity contribution in [3.8, 4) is 0 Å². The average molecular weight is 253 g/mol. The van der Waals surface area contributed by atoms with Crippen LogP contribution in [0.5, 0.6) is 0 Å². The third-order valence-electron chi connectivity index (χ3n) is 2.90. The molecule has 2 aromatic carbocycles. The SMILES string of the molecule is Fc1ccc2c(NCc3ccccc3)ncnc2c1. The number of anilines is 1. The first kappa shape index (κ1) is 11.6. The van der Waals surface area contributed by atoms with E-state index in [0.29, 0.717) is 17.9 Å². The van der Waals surface area contributed by atoms with Crippen molar-refractivity contribution in [2.75, 3.05) is 5.32 Å². The number of aromatic nitrogens is 2. The van der Waals surface area contributed by atoms with E-state index in [1.165, 1.54) is 18.5 Å². The Kier molecular flexibility index (Phi) is 3.06. The van der Waals surface area contributed by atoms with Crippen molar-refractivity contribution in [2.24, 2.45) is 0 Å². The molecule has 0 bridgehead atoms. The average Bonchev–Trinajstić information content (AvgIpc) is 2.45. The molecule has 0 atom stereocenters. The van der Waals surface area contributed by atoms with Crippen LogP contribution in [0.1, 0.15) is 5.56 Å². The Bertz CT molecular complexity index is 698. The molecular formula is C15H12FN3. The van der Waals surface area contributed by atoms with E-state index in [-0.39, 0.29) is 5.82 Å². The minimum Gasteiger partial charge on any atom is -0.365 e. The summed E-state index contributed by atoms with van der Waals surface area (Å²) in [5, 5.41) is 4.07. The zero-order valence-corrected chi connectivity index (χ0v) is 10.2. The first-order valence-corrected chi connectivity index (χ1v) is 6.01. The fourth-order valence-electron chi connectivity index (χ4n) is 1.95. The molecule has 1 N–H and O–H groups in total. The maximum Gasteiger partial charge on any atom is 0.137 e. The highest BCUT2D eigenvalue weighted by atomic mass is 19.1. The predicted molar refractivity (Wildman–Crippen MR) is 73.3 cm³/mol. The van der Waals surface area contributed by atoms with Crippen molar-refractivity contribution in [3.05, 3.63) is 66.2 Å². The molecule has 0 saturated carbocycles. The molecule has 3 nitrogen and oxygen atoms in total. The van der Waals surface area contributed by atoms with E-state index in [1.807, 2.05) is 30.3 Å². The van der Waals surface area contributed by atoms with Gasteiger partial charge in [-0.2, -0.15) is 0 Å². The minimum absolute atomic E-state index is 0.291. The van der Waals surface area contributed by atoms with E-state index in [4.69, 9.17) is 0 Å². The van der Waals surface area contributed by atoms with Crippen LogP contribution in [0.3, 0.4) is 0 Å². The Labute approximate surface area is 110 Å². The second kappa shape index (κ2) is 5.02. The van der Waals surface area contributed by atoms with Gasteiger partial charge in [0.25, 0.3) is 0 Å². The van der Waals surface area contributed by atoms with Gasteiger partial charge in [-0.25, -0.2) is 14.4 Å². The van der Waals surface area contributed by atoms with Gasteiger partial charge in [-0.15, -0.1) is 0 Å². The van der Waals surface area contributed by atoms with Crippen LogP contribution in [0.25, 0.3) is 10.9 Å². The molecule has 4 heteroatoms. The third-order valence-corrected chi connectivity index (χ3v) is 2.90. The van der Waals surface area contributed by atoms with Crippen molar-refractivity contribution in [1.29, 1.82) is 0 Å². The summed E-state index contributed by atoms with van der Waals surface area (Å²) in [5.41, 5.74) is 1.77. The Hall–Kier alpha value is -2.49. The molecule has 0 saturated heterocycles. The van der Waals surface area contributed by atoms with Crippen molar-refractivity contribution >= 4 is 16.7 Å². The van der Waals surface area contributed by atoms with Crippen LogP contribution in [-0.2, 0) is 6.54 Å². The molecule has 0 fully saturated rings. The lowest BCUT2D eigenvalue weighted by atomic mass is 10.2.